The molecule has 1 aliphatic heterocycles. The van der Waals surface area contributed by atoms with E-state index < -0.39 is 0 Å². The summed E-state index contributed by atoms with van der Waals surface area (Å²) in [6.07, 6.45) is 1.82. The molecule has 0 aliphatic carbocycles. The van der Waals surface area contributed by atoms with Crippen LogP contribution in [0.4, 0.5) is 0 Å². The number of nitrogens with one attached hydrogen (secondary N) is 1. The lowest BCUT2D eigenvalue weighted by atomic mass is 10.1. The Hall–Kier alpha value is -2.67. The molecule has 0 bridgehead atoms. The molecule has 1 atom stereocenters. The molecule has 0 saturated heterocycles. The summed E-state index contributed by atoms with van der Waals surface area (Å²) in [5.41, 5.74) is 1.88. The Bertz CT molecular complexity index is 924. The molecule has 0 fully saturated rings. The van der Waals surface area contributed by atoms with Crippen LogP contribution >= 0.6 is 11.6 Å². The van der Waals surface area contributed by atoms with Crippen LogP contribution in [0.2, 0.25) is 5.02 Å². The van der Waals surface area contributed by atoms with E-state index in [-0.39, 0.29) is 30.0 Å². The van der Waals surface area contributed by atoms with E-state index in [9.17, 15) is 14.4 Å². The third kappa shape index (κ3) is 4.36. The van der Waals surface area contributed by atoms with Crippen LogP contribution in [0.5, 0.6) is 0 Å². The third-order valence-corrected chi connectivity index (χ3v) is 4.95. The lowest BCUT2D eigenvalue weighted by Gasteiger charge is -2.26. The number of carbonyl (C=O) groups excluding carboxylic acids is 2. The zero-order valence-corrected chi connectivity index (χ0v) is 16.0. The number of halogens is 1. The number of carbonyl (C=O) groups is 2. The lowest BCUT2D eigenvalue weighted by Crippen LogP contribution is -2.40. The van der Waals surface area contributed by atoms with Gasteiger partial charge in [-0.05, 0) is 31.0 Å². The van der Waals surface area contributed by atoms with Crippen LogP contribution < -0.4 is 10.9 Å². The smallest absolute Gasteiger partial charge is 0.257 e. The number of fused-ring (bicyclic) bond motifs is 1. The first-order valence-corrected chi connectivity index (χ1v) is 9.10. The summed E-state index contributed by atoms with van der Waals surface area (Å²) in [6, 6.07) is 7.02. The van der Waals surface area contributed by atoms with Crippen molar-refractivity contribution in [3.63, 3.8) is 0 Å². The van der Waals surface area contributed by atoms with E-state index in [1.165, 1.54) is 17.8 Å². The van der Waals surface area contributed by atoms with Gasteiger partial charge in [0.15, 0.2) is 0 Å². The summed E-state index contributed by atoms with van der Waals surface area (Å²) in [6.45, 7) is 4.08. The van der Waals surface area contributed by atoms with Gasteiger partial charge in [0, 0.05) is 24.1 Å². The molecule has 1 N–H and O–H groups in total. The molecule has 2 aromatic rings. The zero-order valence-electron chi connectivity index (χ0n) is 15.2. The van der Waals surface area contributed by atoms with Crippen LogP contribution in [-0.2, 0) is 29.1 Å². The van der Waals surface area contributed by atoms with Gasteiger partial charge in [-0.1, -0.05) is 23.7 Å². The zero-order chi connectivity index (χ0) is 19.6. The Balaban J connectivity index is 1.69. The van der Waals surface area contributed by atoms with Crippen LogP contribution in [0, 0.1) is 0 Å². The molecule has 142 valence electrons. The Kier molecular flexibility index (Phi) is 5.60. The highest BCUT2D eigenvalue weighted by Gasteiger charge is 2.23. The first-order chi connectivity index (χ1) is 12.8. The molecule has 2 heterocycles. The maximum Gasteiger partial charge on any atom is 0.257 e. The molecule has 1 aliphatic rings. The molecule has 1 aromatic carbocycles. The Morgan fingerprint density at radius 2 is 2.00 bits per heavy atom. The van der Waals surface area contributed by atoms with Crippen molar-refractivity contribution in [1.29, 1.82) is 0 Å². The first kappa shape index (κ1) is 19.1. The predicted octanol–water partition coefficient (Wildman–Crippen LogP) is 1.68. The Labute approximate surface area is 162 Å². The van der Waals surface area contributed by atoms with Crippen molar-refractivity contribution < 1.29 is 9.59 Å². The molecular formula is C19H21ClN4O3. The predicted molar refractivity (Wildman–Crippen MR) is 101 cm³/mol. The van der Waals surface area contributed by atoms with Gasteiger partial charge in [-0.2, -0.15) is 0 Å². The molecule has 0 radical (unpaired) electrons. The average molecular weight is 389 g/mol. The average Bonchev–Trinajstić information content (AvgIpc) is 2.64. The van der Waals surface area contributed by atoms with E-state index >= 15 is 0 Å². The van der Waals surface area contributed by atoms with Crippen molar-refractivity contribution >= 4 is 23.4 Å². The third-order valence-electron chi connectivity index (χ3n) is 4.70. The Morgan fingerprint density at radius 3 is 2.67 bits per heavy atom. The number of nitrogens with zero attached hydrogens (tertiary/aromatic N) is 3. The minimum atomic E-state index is -0.275. The van der Waals surface area contributed by atoms with Crippen LogP contribution in [0.25, 0.3) is 0 Å². The van der Waals surface area contributed by atoms with Crippen LogP contribution in [-0.4, -0.2) is 32.8 Å². The van der Waals surface area contributed by atoms with E-state index in [0.29, 0.717) is 35.8 Å². The van der Waals surface area contributed by atoms with Crippen molar-refractivity contribution in [3.8, 4) is 0 Å². The highest BCUT2D eigenvalue weighted by Crippen LogP contribution is 2.16. The van der Waals surface area contributed by atoms with Gasteiger partial charge in [0.1, 0.15) is 6.54 Å². The van der Waals surface area contributed by atoms with Crippen molar-refractivity contribution in [3.05, 3.63) is 62.8 Å². The first-order valence-electron chi connectivity index (χ1n) is 8.72. The maximum absolute atomic E-state index is 12.6. The fraction of sp³-hybridized carbons (Fsp3) is 0.368. The molecule has 0 spiro atoms. The number of aromatic nitrogens is 2. The fourth-order valence-corrected chi connectivity index (χ4v) is 3.24. The van der Waals surface area contributed by atoms with Gasteiger partial charge in [0.25, 0.3) is 5.56 Å². The van der Waals surface area contributed by atoms with Gasteiger partial charge in [-0.25, -0.2) is 4.98 Å². The van der Waals surface area contributed by atoms with E-state index in [0.717, 1.165) is 5.56 Å². The van der Waals surface area contributed by atoms with Crippen molar-refractivity contribution in [2.75, 3.05) is 6.54 Å². The van der Waals surface area contributed by atoms with E-state index in [4.69, 9.17) is 11.6 Å². The van der Waals surface area contributed by atoms with Crippen LogP contribution in [0.15, 0.2) is 35.4 Å². The topological polar surface area (TPSA) is 84.3 Å². The standard InChI is InChI=1S/C19H21ClN4O3/c1-12(14-3-5-15(20)6-4-14)22-18(26)10-24-11-21-17-9-23(13(2)25)8-7-16(17)19(24)27/h3-6,11-12H,7-10H2,1-2H3,(H,22,26)/t12-/m0/s1. The van der Waals surface area contributed by atoms with Gasteiger partial charge < -0.3 is 10.2 Å². The van der Waals surface area contributed by atoms with Crippen LogP contribution in [0.3, 0.4) is 0 Å². The van der Waals surface area contributed by atoms with Crippen molar-refractivity contribution in [2.24, 2.45) is 0 Å². The van der Waals surface area contributed by atoms with E-state index in [1.807, 2.05) is 19.1 Å². The second-order valence-corrected chi connectivity index (χ2v) is 7.07. The van der Waals surface area contributed by atoms with Crippen LogP contribution in [0.1, 0.15) is 36.7 Å². The summed E-state index contributed by atoms with van der Waals surface area (Å²) < 4.78 is 1.31. The lowest BCUT2D eigenvalue weighted by molar-refractivity contribution is -0.129. The highest BCUT2D eigenvalue weighted by atomic mass is 35.5. The molecule has 27 heavy (non-hydrogen) atoms. The minimum Gasteiger partial charge on any atom is -0.348 e. The molecule has 3 rings (SSSR count). The number of hydrogen-bond donors (Lipinski definition) is 1. The van der Waals surface area contributed by atoms with E-state index in [2.05, 4.69) is 10.3 Å². The quantitative estimate of drug-likeness (QED) is 0.863. The summed E-state index contributed by atoms with van der Waals surface area (Å²) in [4.78, 5) is 42.4. The maximum atomic E-state index is 12.6. The Morgan fingerprint density at radius 1 is 1.30 bits per heavy atom. The minimum absolute atomic E-state index is 0.0396. The number of amides is 2. The molecule has 7 nitrogen and oxygen atoms in total. The van der Waals surface area contributed by atoms with Gasteiger partial charge in [0.05, 0.1) is 24.6 Å². The summed E-state index contributed by atoms with van der Waals surface area (Å²) in [5.74, 6) is -0.315. The second kappa shape index (κ2) is 7.92. The number of benzene rings is 1. The van der Waals surface area contributed by atoms with Gasteiger partial charge in [0.2, 0.25) is 11.8 Å². The largest absolute Gasteiger partial charge is 0.348 e. The van der Waals surface area contributed by atoms with Crippen molar-refractivity contribution in [2.45, 2.75) is 39.4 Å². The van der Waals surface area contributed by atoms with Gasteiger partial charge >= 0.3 is 0 Å². The number of hydrogen-bond acceptors (Lipinski definition) is 4. The molecule has 1 aromatic heterocycles. The molecule has 8 heteroatoms. The van der Waals surface area contributed by atoms with Gasteiger partial charge in [-0.15, -0.1) is 0 Å². The fourth-order valence-electron chi connectivity index (χ4n) is 3.12. The number of rotatable bonds is 4. The summed E-state index contributed by atoms with van der Waals surface area (Å²) in [5, 5.41) is 3.50. The van der Waals surface area contributed by atoms with Gasteiger partial charge in [-0.3, -0.25) is 19.0 Å². The normalized spacial score (nSPS) is 14.4. The van der Waals surface area contributed by atoms with E-state index in [1.54, 1.807) is 17.0 Å². The monoisotopic (exact) mass is 388 g/mol. The summed E-state index contributed by atoms with van der Waals surface area (Å²) in [7, 11) is 0. The molecule has 2 amide bonds. The molecular weight excluding hydrogens is 368 g/mol. The summed E-state index contributed by atoms with van der Waals surface area (Å²) >= 11 is 5.88. The SMILES string of the molecule is CC(=O)N1CCc2c(ncn(CC(=O)N[C@@H](C)c3ccc(Cl)cc3)c2=O)C1. The molecule has 0 saturated carbocycles. The second-order valence-electron chi connectivity index (χ2n) is 6.63. The molecule has 0 unspecified atom stereocenters. The van der Waals surface area contributed by atoms with Crippen molar-refractivity contribution in [1.82, 2.24) is 19.8 Å². The highest BCUT2D eigenvalue weighted by molar-refractivity contribution is 6.30.